The molecule has 2 aromatic heterocycles. The van der Waals surface area contributed by atoms with Crippen LogP contribution in [0.1, 0.15) is 124 Å². The lowest BCUT2D eigenvalue weighted by Crippen LogP contribution is -2.04. The summed E-state index contributed by atoms with van der Waals surface area (Å²) in [7, 11) is 0. The Labute approximate surface area is 376 Å². The SMILES string of the molecule is CCCCCCCCc1c(CCCCCCCC)c2c(c3ccccc3n2-c2ccc(-c3ccc(Cc4ccc(C)cc4)cc3)cc2)c2c1c1ccccc1n2-c1ccc(C)cc1. The van der Waals surface area contributed by atoms with Gasteiger partial charge in [0.2, 0.25) is 0 Å². The molecule has 2 nitrogen and oxygen atoms in total. The summed E-state index contributed by atoms with van der Waals surface area (Å²) in [5.74, 6) is 0. The highest BCUT2D eigenvalue weighted by Crippen LogP contribution is 2.47. The van der Waals surface area contributed by atoms with Gasteiger partial charge in [0.1, 0.15) is 0 Å². The molecule has 7 aromatic carbocycles. The highest BCUT2D eigenvalue weighted by molar-refractivity contribution is 6.28. The fraction of sp³-hybridized carbons (Fsp3) is 0.311. The maximum atomic E-state index is 2.65. The Morgan fingerprint density at radius 1 is 0.365 bits per heavy atom. The molecule has 9 aromatic rings. The van der Waals surface area contributed by atoms with Gasteiger partial charge in [-0.05, 0) is 116 Å². The lowest BCUT2D eigenvalue weighted by Gasteiger charge is -2.19. The van der Waals surface area contributed by atoms with Crippen LogP contribution in [0.15, 0.2) is 146 Å². The maximum Gasteiger partial charge on any atom is 0.0644 e. The Bertz CT molecular complexity index is 2920. The molecule has 0 radical (unpaired) electrons. The van der Waals surface area contributed by atoms with E-state index in [2.05, 4.69) is 182 Å². The number of rotatable bonds is 19. The van der Waals surface area contributed by atoms with Crippen molar-refractivity contribution < 1.29 is 0 Å². The number of aryl methyl sites for hydroxylation is 4. The number of para-hydroxylation sites is 2. The first-order chi connectivity index (χ1) is 31.0. The van der Waals surface area contributed by atoms with Gasteiger partial charge in [0.05, 0.1) is 22.1 Å². The molecule has 0 amide bonds. The fourth-order valence-corrected chi connectivity index (χ4v) is 10.3. The van der Waals surface area contributed by atoms with Gasteiger partial charge >= 0.3 is 0 Å². The van der Waals surface area contributed by atoms with Gasteiger partial charge in [-0.2, -0.15) is 0 Å². The van der Waals surface area contributed by atoms with Crippen molar-refractivity contribution in [3.8, 4) is 22.5 Å². The van der Waals surface area contributed by atoms with Crippen molar-refractivity contribution in [2.75, 3.05) is 0 Å². The Morgan fingerprint density at radius 2 is 0.778 bits per heavy atom. The molecule has 0 aliphatic heterocycles. The van der Waals surface area contributed by atoms with E-state index in [0.29, 0.717) is 0 Å². The van der Waals surface area contributed by atoms with Crippen LogP contribution in [0.4, 0.5) is 0 Å². The molecule has 0 N–H and O–H groups in total. The number of nitrogens with zero attached hydrogens (tertiary/aromatic N) is 2. The van der Waals surface area contributed by atoms with Crippen molar-refractivity contribution in [2.24, 2.45) is 0 Å². The van der Waals surface area contributed by atoms with E-state index in [9.17, 15) is 0 Å². The number of unbranched alkanes of at least 4 members (excludes halogenated alkanes) is 10. The molecule has 0 saturated carbocycles. The van der Waals surface area contributed by atoms with Crippen molar-refractivity contribution in [1.29, 1.82) is 0 Å². The molecule has 0 saturated heterocycles. The van der Waals surface area contributed by atoms with E-state index >= 15 is 0 Å². The average Bonchev–Trinajstić information content (AvgIpc) is 3.84. The molecule has 9 rings (SSSR count). The standard InChI is InChI=1S/C61H66N2/c1-5-7-9-11-13-15-21-52-53(22-16-14-12-10-8-6-2)60-59(61-58(52)54-23-17-19-25-56(54)63(61)50-39-29-45(4)30-40-50)55-24-18-20-26-57(55)62(60)51-41-37-49(38-42-51)48-35-33-47(34-36-48)43-46-31-27-44(3)28-32-46/h17-20,23-42H,5-16,21-22,43H2,1-4H3. The Balaban J connectivity index is 1.24. The normalized spacial score (nSPS) is 11.8. The molecule has 0 bridgehead atoms. The van der Waals surface area contributed by atoms with E-state index in [1.54, 1.807) is 11.1 Å². The summed E-state index contributed by atoms with van der Waals surface area (Å²) in [6, 6.07) is 55.3. The Hall–Kier alpha value is -5.86. The molecule has 0 unspecified atom stereocenters. The molecular weight excluding hydrogens is 761 g/mol. The van der Waals surface area contributed by atoms with Gasteiger partial charge in [0, 0.05) is 32.9 Å². The largest absolute Gasteiger partial charge is 0.309 e. The number of aromatic nitrogens is 2. The summed E-state index contributed by atoms with van der Waals surface area (Å²) in [4.78, 5) is 0. The zero-order valence-electron chi connectivity index (χ0n) is 38.4. The van der Waals surface area contributed by atoms with Crippen molar-refractivity contribution >= 4 is 43.6 Å². The predicted molar refractivity (Wildman–Crippen MR) is 273 cm³/mol. The number of hydrogen-bond donors (Lipinski definition) is 0. The van der Waals surface area contributed by atoms with Gasteiger partial charge < -0.3 is 9.13 Å². The fourth-order valence-electron chi connectivity index (χ4n) is 10.3. The van der Waals surface area contributed by atoms with E-state index in [0.717, 1.165) is 19.3 Å². The lowest BCUT2D eigenvalue weighted by molar-refractivity contribution is 0.600. The van der Waals surface area contributed by atoms with E-state index in [1.165, 1.54) is 165 Å². The van der Waals surface area contributed by atoms with Crippen molar-refractivity contribution in [3.05, 3.63) is 179 Å². The van der Waals surface area contributed by atoms with Crippen molar-refractivity contribution in [1.82, 2.24) is 9.13 Å². The monoisotopic (exact) mass is 827 g/mol. The summed E-state index contributed by atoms with van der Waals surface area (Å²) in [6.45, 7) is 8.99. The quantitative estimate of drug-likeness (QED) is 0.0719. The van der Waals surface area contributed by atoms with Crippen molar-refractivity contribution in [3.63, 3.8) is 0 Å². The Morgan fingerprint density at radius 3 is 1.33 bits per heavy atom. The third-order valence-electron chi connectivity index (χ3n) is 13.7. The summed E-state index contributed by atoms with van der Waals surface area (Å²) in [5, 5.41) is 5.57. The van der Waals surface area contributed by atoms with Crippen LogP contribution in [0, 0.1) is 13.8 Å². The van der Waals surface area contributed by atoms with Gasteiger partial charge in [-0.15, -0.1) is 0 Å². The van der Waals surface area contributed by atoms with Crippen LogP contribution < -0.4 is 0 Å². The van der Waals surface area contributed by atoms with Crippen LogP contribution in [-0.4, -0.2) is 9.13 Å². The lowest BCUT2D eigenvalue weighted by atomic mass is 9.89. The zero-order chi connectivity index (χ0) is 43.1. The minimum atomic E-state index is 0.950. The molecule has 2 heterocycles. The van der Waals surface area contributed by atoms with Crippen LogP contribution in [0.5, 0.6) is 0 Å². The van der Waals surface area contributed by atoms with Gasteiger partial charge in [0.25, 0.3) is 0 Å². The highest BCUT2D eigenvalue weighted by atomic mass is 15.0. The summed E-state index contributed by atoms with van der Waals surface area (Å²) in [6.07, 6.45) is 18.7. The molecular formula is C61H66N2. The minimum Gasteiger partial charge on any atom is -0.309 e. The summed E-state index contributed by atoms with van der Waals surface area (Å²) >= 11 is 0. The minimum absolute atomic E-state index is 0.950. The second-order valence-corrected chi connectivity index (χ2v) is 18.4. The van der Waals surface area contributed by atoms with E-state index in [4.69, 9.17) is 0 Å². The van der Waals surface area contributed by atoms with E-state index in [-0.39, 0.29) is 0 Å². The second-order valence-electron chi connectivity index (χ2n) is 18.4. The molecule has 0 atom stereocenters. The molecule has 2 heteroatoms. The highest BCUT2D eigenvalue weighted by Gasteiger charge is 2.27. The van der Waals surface area contributed by atoms with E-state index in [1.807, 2.05) is 0 Å². The predicted octanol–water partition coefficient (Wildman–Crippen LogP) is 17.6. The first kappa shape index (κ1) is 42.4. The van der Waals surface area contributed by atoms with Crippen LogP contribution in [0.2, 0.25) is 0 Å². The van der Waals surface area contributed by atoms with Crippen LogP contribution in [-0.2, 0) is 19.3 Å². The smallest absolute Gasteiger partial charge is 0.0644 e. The molecule has 0 aliphatic carbocycles. The maximum absolute atomic E-state index is 2.65. The van der Waals surface area contributed by atoms with Crippen LogP contribution in [0.3, 0.4) is 0 Å². The third-order valence-corrected chi connectivity index (χ3v) is 13.7. The van der Waals surface area contributed by atoms with Gasteiger partial charge in [0.15, 0.2) is 0 Å². The topological polar surface area (TPSA) is 9.86 Å². The van der Waals surface area contributed by atoms with Gasteiger partial charge in [-0.25, -0.2) is 0 Å². The molecule has 0 aliphatic rings. The summed E-state index contributed by atoms with van der Waals surface area (Å²) < 4.78 is 5.25. The van der Waals surface area contributed by atoms with Gasteiger partial charge in [-0.1, -0.05) is 198 Å². The Kier molecular flexibility index (Phi) is 13.3. The van der Waals surface area contributed by atoms with Crippen LogP contribution >= 0.6 is 0 Å². The second kappa shape index (κ2) is 19.7. The third kappa shape index (κ3) is 8.88. The van der Waals surface area contributed by atoms with Crippen molar-refractivity contribution in [2.45, 2.75) is 124 Å². The first-order valence-electron chi connectivity index (χ1n) is 24.4. The zero-order valence-corrected chi connectivity index (χ0v) is 38.4. The molecule has 0 spiro atoms. The van der Waals surface area contributed by atoms with Crippen LogP contribution in [0.25, 0.3) is 66.1 Å². The molecule has 0 fully saturated rings. The summed E-state index contributed by atoms with van der Waals surface area (Å²) in [5.41, 5.74) is 18.7. The first-order valence-corrected chi connectivity index (χ1v) is 24.4. The average molecular weight is 827 g/mol. The number of hydrogen-bond acceptors (Lipinski definition) is 0. The number of benzene rings is 7. The van der Waals surface area contributed by atoms with Gasteiger partial charge in [-0.3, -0.25) is 0 Å². The number of fused-ring (bicyclic) bond motifs is 7. The molecule has 320 valence electrons. The van der Waals surface area contributed by atoms with E-state index < -0.39 is 0 Å². The molecule has 63 heavy (non-hydrogen) atoms.